The van der Waals surface area contributed by atoms with Crippen LogP contribution in [0.1, 0.15) is 30.7 Å². The number of aryl methyl sites for hydroxylation is 2. The quantitative estimate of drug-likeness (QED) is 0.818. The van der Waals surface area contributed by atoms with Crippen molar-refractivity contribution in [1.29, 1.82) is 0 Å². The summed E-state index contributed by atoms with van der Waals surface area (Å²) in [6, 6.07) is 0.413. The van der Waals surface area contributed by atoms with E-state index in [1.54, 1.807) is 0 Å². The lowest BCUT2D eigenvalue weighted by Crippen LogP contribution is -2.32. The topological polar surface area (TPSA) is 55.0 Å². The average Bonchev–Trinajstić information content (AvgIpc) is 2.74. The maximum absolute atomic E-state index is 6.08. The number of fused-ring (bicyclic) bond motifs is 1. The lowest BCUT2D eigenvalue weighted by atomic mass is 9.79. The van der Waals surface area contributed by atoms with Gasteiger partial charge in [0.15, 0.2) is 0 Å². The number of hydrogen-bond donors (Lipinski definition) is 1. The number of rotatable bonds is 1. The van der Waals surface area contributed by atoms with Crippen LogP contribution < -0.4 is 10.6 Å². The Morgan fingerprint density at radius 2 is 2.00 bits per heavy atom. The van der Waals surface area contributed by atoms with E-state index in [9.17, 15) is 0 Å². The number of nitrogens with two attached hydrogens (primary N) is 1. The Morgan fingerprint density at radius 1 is 1.22 bits per heavy atom. The Balaban J connectivity index is 1.80. The SMILES string of the molecule is Cc1cnc(C)c(N2C[C@H]3CCC(N)C[C@H]3C2)n1. The zero-order valence-corrected chi connectivity index (χ0v) is 11.3. The first kappa shape index (κ1) is 11.9. The van der Waals surface area contributed by atoms with Crippen molar-refractivity contribution in [3.05, 3.63) is 17.6 Å². The van der Waals surface area contributed by atoms with Crippen molar-refractivity contribution in [2.24, 2.45) is 17.6 Å². The van der Waals surface area contributed by atoms with E-state index in [4.69, 9.17) is 5.73 Å². The van der Waals surface area contributed by atoms with Gasteiger partial charge in [0, 0.05) is 25.3 Å². The number of nitrogens with zero attached hydrogens (tertiary/aromatic N) is 3. The molecule has 0 aromatic carbocycles. The van der Waals surface area contributed by atoms with Crippen molar-refractivity contribution in [3.63, 3.8) is 0 Å². The smallest absolute Gasteiger partial charge is 0.150 e. The molecule has 1 aromatic heterocycles. The minimum atomic E-state index is 0.413. The minimum Gasteiger partial charge on any atom is -0.355 e. The normalized spacial score (nSPS) is 31.5. The molecule has 3 rings (SSSR count). The summed E-state index contributed by atoms with van der Waals surface area (Å²) in [6.07, 6.45) is 5.49. The van der Waals surface area contributed by atoms with Gasteiger partial charge in [-0.25, -0.2) is 4.98 Å². The predicted octanol–water partition coefficient (Wildman–Crippen LogP) is 1.66. The lowest BCUT2D eigenvalue weighted by Gasteiger charge is -2.27. The second-order valence-electron chi connectivity index (χ2n) is 5.92. The van der Waals surface area contributed by atoms with Crippen LogP contribution in [0.15, 0.2) is 6.20 Å². The molecule has 1 aliphatic carbocycles. The highest BCUT2D eigenvalue weighted by molar-refractivity contribution is 5.44. The first-order valence-electron chi connectivity index (χ1n) is 6.94. The van der Waals surface area contributed by atoms with E-state index < -0.39 is 0 Å². The molecule has 4 heteroatoms. The molecule has 4 nitrogen and oxygen atoms in total. The van der Waals surface area contributed by atoms with Crippen LogP contribution in [-0.4, -0.2) is 29.1 Å². The van der Waals surface area contributed by atoms with E-state index in [0.29, 0.717) is 6.04 Å². The third-order valence-electron chi connectivity index (χ3n) is 4.44. The molecule has 1 aromatic rings. The highest BCUT2D eigenvalue weighted by Gasteiger charge is 2.37. The monoisotopic (exact) mass is 246 g/mol. The fraction of sp³-hybridized carbons (Fsp3) is 0.714. The summed E-state index contributed by atoms with van der Waals surface area (Å²) < 4.78 is 0. The fourth-order valence-electron chi connectivity index (χ4n) is 3.46. The summed E-state index contributed by atoms with van der Waals surface area (Å²) in [7, 11) is 0. The maximum Gasteiger partial charge on any atom is 0.150 e. The third kappa shape index (κ3) is 2.09. The molecule has 1 saturated carbocycles. The van der Waals surface area contributed by atoms with Gasteiger partial charge >= 0.3 is 0 Å². The van der Waals surface area contributed by atoms with Gasteiger partial charge in [-0.05, 0) is 44.9 Å². The van der Waals surface area contributed by atoms with Crippen LogP contribution in [0.5, 0.6) is 0 Å². The average molecular weight is 246 g/mol. The molecule has 0 amide bonds. The van der Waals surface area contributed by atoms with Gasteiger partial charge in [-0.15, -0.1) is 0 Å². The van der Waals surface area contributed by atoms with E-state index in [1.807, 2.05) is 13.1 Å². The first-order valence-corrected chi connectivity index (χ1v) is 6.94. The second kappa shape index (κ2) is 4.50. The molecule has 0 radical (unpaired) electrons. The first-order chi connectivity index (χ1) is 8.63. The molecule has 2 N–H and O–H groups in total. The number of hydrogen-bond acceptors (Lipinski definition) is 4. The molecule has 1 unspecified atom stereocenters. The van der Waals surface area contributed by atoms with Gasteiger partial charge in [-0.1, -0.05) is 0 Å². The van der Waals surface area contributed by atoms with Crippen molar-refractivity contribution in [1.82, 2.24) is 9.97 Å². The predicted molar refractivity (Wildman–Crippen MR) is 72.5 cm³/mol. The summed E-state index contributed by atoms with van der Waals surface area (Å²) in [5.41, 5.74) is 8.13. The van der Waals surface area contributed by atoms with Crippen molar-refractivity contribution >= 4 is 5.82 Å². The van der Waals surface area contributed by atoms with Crippen LogP contribution in [0.4, 0.5) is 5.82 Å². The Labute approximate surface area is 109 Å². The molecular weight excluding hydrogens is 224 g/mol. The van der Waals surface area contributed by atoms with Crippen LogP contribution in [-0.2, 0) is 0 Å². The van der Waals surface area contributed by atoms with Gasteiger partial charge in [0.05, 0.1) is 11.4 Å². The van der Waals surface area contributed by atoms with Crippen LogP contribution in [0.3, 0.4) is 0 Å². The molecule has 2 fully saturated rings. The van der Waals surface area contributed by atoms with Gasteiger partial charge in [0.25, 0.3) is 0 Å². The molecular formula is C14H22N4. The molecule has 2 heterocycles. The molecule has 2 aliphatic rings. The summed E-state index contributed by atoms with van der Waals surface area (Å²) in [4.78, 5) is 11.5. The third-order valence-corrected chi connectivity index (χ3v) is 4.44. The van der Waals surface area contributed by atoms with Crippen LogP contribution in [0.2, 0.25) is 0 Å². The standard InChI is InChI=1S/C14H22N4/c1-9-6-16-10(2)14(17-9)18-7-11-3-4-13(15)5-12(11)8-18/h6,11-13H,3-5,7-8,15H2,1-2H3/t11-,12+,13?/m1/s1. The zero-order valence-electron chi connectivity index (χ0n) is 11.3. The van der Waals surface area contributed by atoms with E-state index in [-0.39, 0.29) is 0 Å². The summed E-state index contributed by atoms with van der Waals surface area (Å²) in [5, 5.41) is 0. The zero-order chi connectivity index (χ0) is 12.7. The van der Waals surface area contributed by atoms with Gasteiger partial charge in [0.2, 0.25) is 0 Å². The fourth-order valence-corrected chi connectivity index (χ4v) is 3.46. The molecule has 18 heavy (non-hydrogen) atoms. The summed E-state index contributed by atoms with van der Waals surface area (Å²) >= 11 is 0. The molecule has 1 aliphatic heterocycles. The van der Waals surface area contributed by atoms with Crippen molar-refractivity contribution < 1.29 is 0 Å². The summed E-state index contributed by atoms with van der Waals surface area (Å²) in [5.74, 6) is 2.65. The maximum atomic E-state index is 6.08. The van der Waals surface area contributed by atoms with Gasteiger partial charge in [-0.2, -0.15) is 0 Å². The lowest BCUT2D eigenvalue weighted by molar-refractivity contribution is 0.271. The number of aromatic nitrogens is 2. The van der Waals surface area contributed by atoms with Gasteiger partial charge in [-0.3, -0.25) is 4.98 Å². The number of anilines is 1. The molecule has 3 atom stereocenters. The largest absolute Gasteiger partial charge is 0.355 e. The Kier molecular flexibility index (Phi) is 2.98. The molecule has 0 spiro atoms. The van der Waals surface area contributed by atoms with Crippen LogP contribution in [0.25, 0.3) is 0 Å². The highest BCUT2D eigenvalue weighted by atomic mass is 15.2. The van der Waals surface area contributed by atoms with E-state index in [2.05, 4.69) is 21.8 Å². The van der Waals surface area contributed by atoms with E-state index in [0.717, 1.165) is 42.1 Å². The van der Waals surface area contributed by atoms with Crippen molar-refractivity contribution in [3.8, 4) is 0 Å². The van der Waals surface area contributed by atoms with Gasteiger partial charge < -0.3 is 10.6 Å². The van der Waals surface area contributed by atoms with Crippen LogP contribution >= 0.6 is 0 Å². The second-order valence-corrected chi connectivity index (χ2v) is 5.92. The minimum absolute atomic E-state index is 0.413. The van der Waals surface area contributed by atoms with Crippen molar-refractivity contribution in [2.75, 3.05) is 18.0 Å². The molecule has 98 valence electrons. The van der Waals surface area contributed by atoms with E-state index in [1.165, 1.54) is 19.3 Å². The Morgan fingerprint density at radius 3 is 2.83 bits per heavy atom. The highest BCUT2D eigenvalue weighted by Crippen LogP contribution is 2.37. The summed E-state index contributed by atoms with van der Waals surface area (Å²) in [6.45, 7) is 6.30. The van der Waals surface area contributed by atoms with E-state index >= 15 is 0 Å². The van der Waals surface area contributed by atoms with Crippen LogP contribution in [0, 0.1) is 25.7 Å². The van der Waals surface area contributed by atoms with Crippen molar-refractivity contribution in [2.45, 2.75) is 39.2 Å². The Hall–Kier alpha value is -1.16. The Bertz CT molecular complexity index is 445. The molecule has 0 bridgehead atoms. The molecule has 1 saturated heterocycles. The van der Waals surface area contributed by atoms with Gasteiger partial charge in [0.1, 0.15) is 5.82 Å².